The maximum Gasteiger partial charge on any atom is 0.249 e. The van der Waals surface area contributed by atoms with Crippen LogP contribution in [0.5, 0.6) is 5.75 Å². The molecule has 4 aliphatic heterocycles. The molecule has 17 nitrogen and oxygen atoms in total. The minimum Gasteiger partial charge on any atom is -0.488 e. The number of fused-ring (bicyclic) bond motifs is 2. The van der Waals surface area contributed by atoms with Gasteiger partial charge in [0.15, 0.2) is 0 Å². The van der Waals surface area contributed by atoms with E-state index in [2.05, 4.69) is 79.8 Å². The van der Waals surface area contributed by atoms with Gasteiger partial charge in [-0.2, -0.15) is 10.1 Å². The number of benzene rings is 3. The molecule has 5 aliphatic rings. The Labute approximate surface area is 434 Å². The molecular weight excluding hydrogens is 1010 g/mol. The third-order valence-corrected chi connectivity index (χ3v) is 17.3. The summed E-state index contributed by atoms with van der Waals surface area (Å²) in [6.45, 7) is 14.1. The summed E-state index contributed by atoms with van der Waals surface area (Å²) in [4.78, 5) is 62.4. The molecular formula is C54H62BrN12O5P. The quantitative estimate of drug-likeness (QED) is 0.0712. The highest BCUT2D eigenvalue weighted by Crippen LogP contribution is 2.47. The predicted molar refractivity (Wildman–Crippen MR) is 290 cm³/mol. The zero-order valence-corrected chi connectivity index (χ0v) is 44.5. The number of aryl methyl sites for hydroxylation is 1. The van der Waals surface area contributed by atoms with Gasteiger partial charge in [-0.1, -0.05) is 30.3 Å². The van der Waals surface area contributed by atoms with Crippen LogP contribution in [-0.2, 0) is 37.8 Å². The summed E-state index contributed by atoms with van der Waals surface area (Å²) in [7, 11) is -0.817. The van der Waals surface area contributed by atoms with Gasteiger partial charge in [-0.05, 0) is 111 Å². The average Bonchev–Trinajstić information content (AvgIpc) is 4.05. The fourth-order valence-corrected chi connectivity index (χ4v) is 13.1. The standard InChI is InChI=1S/C54H62BrN12O5P/c1-54(2)48-33(9-8-12-43(48)67(52(54)70)44-15-16-47(68)61-51(44)69)17-20-64-23-25-65(26-24-64)35-18-21-66(22-19-35)45-28-46(72-36-13-14-36)41(27-38(45)34-29-58-63(3)32-34)60-53-57-30-39(55)50(62-53)59-42-31-56-40-11-7-6-10-37(40)49(42)73(4,5)71/h6-12,27-32,35-36,44H,13-26H2,1-5H3,(H,61,68,69)(H2,57,59,60,62). The van der Waals surface area contributed by atoms with Crippen molar-refractivity contribution in [1.29, 1.82) is 0 Å². The second kappa shape index (κ2) is 19.6. The monoisotopic (exact) mass is 1070 g/mol. The average molecular weight is 1070 g/mol. The zero-order chi connectivity index (χ0) is 50.8. The fourth-order valence-electron chi connectivity index (χ4n) is 11.3. The van der Waals surface area contributed by atoms with Gasteiger partial charge in [0.2, 0.25) is 23.7 Å². The molecule has 19 heteroatoms. The third-order valence-electron chi connectivity index (χ3n) is 15.2. The number of imide groups is 1. The number of nitrogens with zero attached hydrogens (tertiary/aromatic N) is 9. The Kier molecular flexibility index (Phi) is 13.2. The molecule has 1 saturated carbocycles. The van der Waals surface area contributed by atoms with Gasteiger partial charge in [0.1, 0.15) is 24.8 Å². The van der Waals surface area contributed by atoms with E-state index < -0.39 is 24.5 Å². The minimum absolute atomic E-state index is 0.0905. The number of carbonyl (C=O) groups excluding carboxylic acids is 3. The van der Waals surface area contributed by atoms with Gasteiger partial charge in [-0.3, -0.25) is 39.2 Å². The van der Waals surface area contributed by atoms with Crippen molar-refractivity contribution in [3.63, 3.8) is 0 Å². The van der Waals surface area contributed by atoms with Gasteiger partial charge in [0.25, 0.3) is 0 Å². The molecule has 1 unspecified atom stereocenters. The van der Waals surface area contributed by atoms with Gasteiger partial charge >= 0.3 is 0 Å². The van der Waals surface area contributed by atoms with E-state index in [1.54, 1.807) is 30.6 Å². The van der Waals surface area contributed by atoms with E-state index in [0.717, 1.165) is 134 Å². The molecule has 3 amide bonds. The number of amides is 3. The lowest BCUT2D eigenvalue weighted by atomic mass is 9.82. The van der Waals surface area contributed by atoms with Crippen molar-refractivity contribution < 1.29 is 23.7 Å². The van der Waals surface area contributed by atoms with Crippen LogP contribution in [0, 0.1) is 0 Å². The largest absolute Gasteiger partial charge is 0.488 e. The highest BCUT2D eigenvalue weighted by atomic mass is 79.9. The molecule has 0 bridgehead atoms. The maximum absolute atomic E-state index is 13.9. The maximum atomic E-state index is 13.9. The first kappa shape index (κ1) is 49.0. The number of rotatable bonds is 14. The van der Waals surface area contributed by atoms with E-state index in [-0.39, 0.29) is 24.3 Å². The van der Waals surface area contributed by atoms with Crippen LogP contribution in [0.4, 0.5) is 34.5 Å². The van der Waals surface area contributed by atoms with Crippen LogP contribution in [0.25, 0.3) is 22.0 Å². The summed E-state index contributed by atoms with van der Waals surface area (Å²) in [6, 6.07) is 17.9. The number of hydrogen-bond donors (Lipinski definition) is 3. The molecule has 0 spiro atoms. The topological polar surface area (TPSA) is 183 Å². The van der Waals surface area contributed by atoms with Gasteiger partial charge in [0, 0.05) is 117 Å². The van der Waals surface area contributed by atoms with Gasteiger partial charge in [-0.15, -0.1) is 0 Å². The minimum atomic E-state index is -2.75. The van der Waals surface area contributed by atoms with Crippen LogP contribution < -0.4 is 35.8 Å². The molecule has 6 aromatic rings. The Bertz CT molecular complexity index is 3190. The van der Waals surface area contributed by atoms with Crippen molar-refractivity contribution in [2.24, 2.45) is 7.05 Å². The number of piperazine rings is 1. The number of nitrogens with one attached hydrogen (secondary N) is 3. The van der Waals surface area contributed by atoms with Crippen LogP contribution in [0.15, 0.2) is 83.9 Å². The summed E-state index contributed by atoms with van der Waals surface area (Å²) in [5.41, 5.74) is 7.45. The number of halogens is 1. The van der Waals surface area contributed by atoms with Gasteiger partial charge in [0.05, 0.1) is 45.3 Å². The van der Waals surface area contributed by atoms with E-state index >= 15 is 0 Å². The number of piperidine rings is 2. The van der Waals surface area contributed by atoms with Crippen LogP contribution >= 0.6 is 23.1 Å². The number of anilines is 6. The SMILES string of the molecule is Cn1cc(-c2cc(Nc3ncc(Br)c(Nc4cnc5ccccc5c4P(C)(C)=O)n3)c(OC3CC3)cc2N2CCC(N3CCN(CCc4cccc5c4C(C)(C)C(=O)N5C4CCC(=O)NC4=O)CC3)CC2)cn1. The Morgan fingerprint density at radius 2 is 1.64 bits per heavy atom. The number of ether oxygens (including phenoxy) is 1. The predicted octanol–water partition coefficient (Wildman–Crippen LogP) is 7.72. The number of carbonyl (C=O) groups is 3. The molecule has 3 aromatic heterocycles. The molecule has 3 aromatic carbocycles. The summed E-state index contributed by atoms with van der Waals surface area (Å²) >= 11 is 3.65. The van der Waals surface area contributed by atoms with Gasteiger partial charge < -0.3 is 29.7 Å². The van der Waals surface area contributed by atoms with Crippen LogP contribution in [0.1, 0.15) is 63.5 Å². The first-order chi connectivity index (χ1) is 35.1. The Morgan fingerprint density at radius 1 is 0.863 bits per heavy atom. The van der Waals surface area contributed by atoms with Crippen LogP contribution in [0.2, 0.25) is 0 Å². The molecule has 3 saturated heterocycles. The van der Waals surface area contributed by atoms with Crippen LogP contribution in [-0.4, -0.2) is 130 Å². The Balaban J connectivity index is 0.770. The second-order valence-electron chi connectivity index (χ2n) is 21.0. The first-order valence-corrected chi connectivity index (χ1v) is 28.8. The Hall–Kier alpha value is -6.20. The van der Waals surface area contributed by atoms with Crippen molar-refractivity contribution in [2.75, 3.05) is 79.6 Å². The van der Waals surface area contributed by atoms with E-state index in [0.29, 0.717) is 39.7 Å². The molecule has 380 valence electrons. The second-order valence-corrected chi connectivity index (χ2v) is 25.0. The van der Waals surface area contributed by atoms with Crippen molar-refractivity contribution in [2.45, 2.75) is 82.4 Å². The molecule has 73 heavy (non-hydrogen) atoms. The van der Waals surface area contributed by atoms with E-state index in [1.165, 1.54) is 0 Å². The molecule has 0 radical (unpaired) electrons. The van der Waals surface area contributed by atoms with Crippen molar-refractivity contribution in [3.8, 4) is 16.9 Å². The molecule has 4 fully saturated rings. The first-order valence-electron chi connectivity index (χ1n) is 25.4. The normalized spacial score (nSPS) is 19.9. The van der Waals surface area contributed by atoms with E-state index in [4.69, 9.17) is 9.72 Å². The van der Waals surface area contributed by atoms with Crippen molar-refractivity contribution in [3.05, 3.63) is 95.0 Å². The molecule has 11 rings (SSSR count). The lowest BCUT2D eigenvalue weighted by molar-refractivity contribution is -0.136. The van der Waals surface area contributed by atoms with E-state index in [1.807, 2.05) is 74.4 Å². The zero-order valence-electron chi connectivity index (χ0n) is 42.0. The smallest absolute Gasteiger partial charge is 0.249 e. The van der Waals surface area contributed by atoms with E-state index in [9.17, 15) is 18.9 Å². The number of hydrogen-bond acceptors (Lipinski definition) is 14. The van der Waals surface area contributed by atoms with Crippen LogP contribution in [0.3, 0.4) is 0 Å². The molecule has 1 aliphatic carbocycles. The summed E-state index contributed by atoms with van der Waals surface area (Å²) in [5, 5.41) is 15.5. The molecule has 7 heterocycles. The number of para-hydroxylation sites is 1. The molecule has 1 atom stereocenters. The highest BCUT2D eigenvalue weighted by Gasteiger charge is 2.50. The third kappa shape index (κ3) is 9.86. The Morgan fingerprint density at radius 3 is 2.37 bits per heavy atom. The number of aromatic nitrogens is 5. The lowest BCUT2D eigenvalue weighted by Gasteiger charge is -2.43. The van der Waals surface area contributed by atoms with Gasteiger partial charge in [-0.25, -0.2) is 4.98 Å². The lowest BCUT2D eigenvalue weighted by Crippen LogP contribution is -2.55. The fraction of sp³-hybridized carbons (Fsp3) is 0.426. The highest BCUT2D eigenvalue weighted by molar-refractivity contribution is 9.10. The summed E-state index contributed by atoms with van der Waals surface area (Å²) in [6.07, 6.45) is 13.0. The summed E-state index contributed by atoms with van der Waals surface area (Å²) in [5.74, 6) is 0.832. The molecule has 3 N–H and O–H groups in total. The van der Waals surface area contributed by atoms with Crippen molar-refractivity contribution in [1.82, 2.24) is 39.8 Å². The number of pyridine rings is 1. The summed E-state index contributed by atoms with van der Waals surface area (Å²) < 4.78 is 22.9. The van der Waals surface area contributed by atoms with Crippen molar-refractivity contribution >= 4 is 91.5 Å².